The maximum atomic E-state index is 12.1. The summed E-state index contributed by atoms with van der Waals surface area (Å²) in [5.74, 6) is 1.22. The zero-order valence-corrected chi connectivity index (χ0v) is 14.2. The van der Waals surface area contributed by atoms with Crippen LogP contribution >= 0.6 is 0 Å². The number of aryl methyl sites for hydroxylation is 1. The third-order valence-electron chi connectivity index (χ3n) is 4.85. The van der Waals surface area contributed by atoms with Crippen LogP contribution in [0.2, 0.25) is 0 Å². The summed E-state index contributed by atoms with van der Waals surface area (Å²) in [5.41, 5.74) is 4.27. The molecule has 6 heteroatoms. The average Bonchev–Trinajstić information content (AvgIpc) is 2.94. The Labute approximate surface area is 146 Å². The van der Waals surface area contributed by atoms with Crippen LogP contribution in [0.5, 0.6) is 0 Å². The number of hydrogen-bond acceptors (Lipinski definition) is 3. The highest BCUT2D eigenvalue weighted by Crippen LogP contribution is 2.35. The van der Waals surface area contributed by atoms with E-state index in [1.54, 1.807) is 6.33 Å². The maximum Gasteiger partial charge on any atom is 0.320 e. The van der Waals surface area contributed by atoms with E-state index in [0.29, 0.717) is 18.3 Å². The molecule has 0 spiro atoms. The quantitative estimate of drug-likeness (QED) is 0.766. The Morgan fingerprint density at radius 3 is 2.84 bits per heavy atom. The second-order valence-electron chi connectivity index (χ2n) is 6.59. The number of urea groups is 1. The number of carbonyl (C=O) groups excluding carboxylic acids is 1. The van der Waals surface area contributed by atoms with Crippen molar-refractivity contribution in [2.24, 2.45) is 7.05 Å². The third kappa shape index (κ3) is 3.33. The van der Waals surface area contributed by atoms with Crippen molar-refractivity contribution < 1.29 is 4.79 Å². The normalized spacial score (nSPS) is 14.3. The Hall–Kier alpha value is -2.89. The molecule has 1 aliphatic carbocycles. The van der Waals surface area contributed by atoms with Gasteiger partial charge in [-0.15, -0.1) is 0 Å². The fourth-order valence-corrected chi connectivity index (χ4v) is 3.10. The molecule has 0 bridgehead atoms. The molecule has 0 aliphatic heterocycles. The van der Waals surface area contributed by atoms with Gasteiger partial charge in [0.15, 0.2) is 0 Å². The summed E-state index contributed by atoms with van der Waals surface area (Å²) < 4.78 is 1.97. The molecule has 3 aromatic rings. The summed E-state index contributed by atoms with van der Waals surface area (Å²) in [5, 5.41) is 5.63. The Balaban J connectivity index is 1.33. The number of nitrogens with zero attached hydrogens (tertiary/aromatic N) is 3. The SMILES string of the molecule is Cn1cnc2cc(CNC(=O)Nc3ccc(C4CCC4)cn3)ccc21. The van der Waals surface area contributed by atoms with E-state index in [9.17, 15) is 4.79 Å². The second-order valence-corrected chi connectivity index (χ2v) is 6.59. The molecule has 2 heterocycles. The minimum Gasteiger partial charge on any atom is -0.334 e. The fourth-order valence-electron chi connectivity index (χ4n) is 3.10. The molecule has 6 nitrogen and oxygen atoms in total. The van der Waals surface area contributed by atoms with E-state index in [2.05, 4.69) is 26.7 Å². The molecular weight excluding hydrogens is 314 g/mol. The summed E-state index contributed by atoms with van der Waals surface area (Å²) in [6.07, 6.45) is 7.45. The molecule has 128 valence electrons. The molecule has 2 aromatic heterocycles. The molecule has 1 fully saturated rings. The van der Waals surface area contributed by atoms with Crippen molar-refractivity contribution in [2.45, 2.75) is 31.7 Å². The van der Waals surface area contributed by atoms with Crippen LogP contribution in [-0.4, -0.2) is 20.6 Å². The number of rotatable bonds is 4. The van der Waals surface area contributed by atoms with Gasteiger partial charge in [0.1, 0.15) is 5.82 Å². The lowest BCUT2D eigenvalue weighted by molar-refractivity contribution is 0.251. The Bertz CT molecular complexity index is 896. The lowest BCUT2D eigenvalue weighted by atomic mass is 9.81. The van der Waals surface area contributed by atoms with Crippen LogP contribution in [0.1, 0.15) is 36.3 Å². The maximum absolute atomic E-state index is 12.1. The first-order valence-electron chi connectivity index (χ1n) is 8.60. The van der Waals surface area contributed by atoms with Crippen LogP contribution < -0.4 is 10.6 Å². The van der Waals surface area contributed by atoms with E-state index >= 15 is 0 Å². The van der Waals surface area contributed by atoms with Gasteiger partial charge in [-0.1, -0.05) is 18.6 Å². The second kappa shape index (κ2) is 6.55. The van der Waals surface area contributed by atoms with Crippen molar-refractivity contribution in [1.82, 2.24) is 19.9 Å². The van der Waals surface area contributed by atoms with Gasteiger partial charge in [-0.25, -0.2) is 14.8 Å². The van der Waals surface area contributed by atoms with E-state index in [-0.39, 0.29) is 6.03 Å². The first kappa shape index (κ1) is 15.6. The first-order valence-corrected chi connectivity index (χ1v) is 8.60. The minimum absolute atomic E-state index is 0.259. The monoisotopic (exact) mass is 335 g/mol. The van der Waals surface area contributed by atoms with Gasteiger partial charge in [0.2, 0.25) is 0 Å². The predicted molar refractivity (Wildman–Crippen MR) is 97.4 cm³/mol. The van der Waals surface area contributed by atoms with Gasteiger partial charge in [0.25, 0.3) is 0 Å². The molecule has 2 amide bonds. The van der Waals surface area contributed by atoms with Crippen LogP contribution in [0.15, 0.2) is 42.9 Å². The fraction of sp³-hybridized carbons (Fsp3) is 0.316. The van der Waals surface area contributed by atoms with Crippen molar-refractivity contribution in [1.29, 1.82) is 0 Å². The zero-order valence-electron chi connectivity index (χ0n) is 14.2. The van der Waals surface area contributed by atoms with Crippen molar-refractivity contribution in [3.8, 4) is 0 Å². The highest BCUT2D eigenvalue weighted by Gasteiger charge is 2.19. The molecule has 0 saturated heterocycles. The first-order chi connectivity index (χ1) is 12.2. The lowest BCUT2D eigenvalue weighted by Crippen LogP contribution is -2.28. The van der Waals surface area contributed by atoms with Crippen molar-refractivity contribution in [2.75, 3.05) is 5.32 Å². The van der Waals surface area contributed by atoms with E-state index < -0.39 is 0 Å². The molecule has 2 N–H and O–H groups in total. The molecule has 1 saturated carbocycles. The number of nitrogens with one attached hydrogen (secondary N) is 2. The van der Waals surface area contributed by atoms with Gasteiger partial charge < -0.3 is 9.88 Å². The average molecular weight is 335 g/mol. The number of amides is 2. The molecule has 0 radical (unpaired) electrons. The smallest absolute Gasteiger partial charge is 0.320 e. The van der Waals surface area contributed by atoms with Crippen LogP contribution in [0.4, 0.5) is 10.6 Å². The van der Waals surface area contributed by atoms with Crippen LogP contribution in [0, 0.1) is 0 Å². The van der Waals surface area contributed by atoms with Crippen molar-refractivity contribution in [3.05, 3.63) is 54.0 Å². The van der Waals surface area contributed by atoms with Crippen molar-refractivity contribution in [3.63, 3.8) is 0 Å². The molecule has 4 rings (SSSR count). The summed E-state index contributed by atoms with van der Waals surface area (Å²) in [4.78, 5) is 20.7. The minimum atomic E-state index is -0.259. The highest BCUT2D eigenvalue weighted by molar-refractivity contribution is 5.88. The van der Waals surface area contributed by atoms with Gasteiger partial charge in [-0.05, 0) is 48.1 Å². The summed E-state index contributed by atoms with van der Waals surface area (Å²) in [6, 6.07) is 9.66. The molecule has 25 heavy (non-hydrogen) atoms. The number of fused-ring (bicyclic) bond motifs is 1. The number of aromatic nitrogens is 3. The van der Waals surface area contributed by atoms with Gasteiger partial charge in [0.05, 0.1) is 17.4 Å². The topological polar surface area (TPSA) is 71.8 Å². The van der Waals surface area contributed by atoms with Crippen LogP contribution in [0.3, 0.4) is 0 Å². The highest BCUT2D eigenvalue weighted by atomic mass is 16.2. The van der Waals surface area contributed by atoms with E-state index in [4.69, 9.17) is 0 Å². The molecule has 1 aliphatic rings. The predicted octanol–water partition coefficient (Wildman–Crippen LogP) is 3.56. The summed E-state index contributed by atoms with van der Waals surface area (Å²) >= 11 is 0. The van der Waals surface area contributed by atoms with Gasteiger partial charge in [-0.3, -0.25) is 5.32 Å². The Kier molecular flexibility index (Phi) is 4.09. The molecule has 0 unspecified atom stereocenters. The van der Waals surface area contributed by atoms with Gasteiger partial charge in [0, 0.05) is 19.8 Å². The molecule has 0 atom stereocenters. The number of anilines is 1. The standard InChI is InChI=1S/C19H21N5O/c1-24-12-22-16-9-13(5-7-17(16)24)10-21-19(25)23-18-8-6-15(11-20-18)14-3-2-4-14/h5-9,11-12,14H,2-4,10H2,1H3,(H2,20,21,23,25). The lowest BCUT2D eigenvalue weighted by Gasteiger charge is -2.25. The Morgan fingerprint density at radius 2 is 2.12 bits per heavy atom. The van der Waals surface area contributed by atoms with Crippen LogP contribution in [0.25, 0.3) is 11.0 Å². The van der Waals surface area contributed by atoms with Gasteiger partial charge >= 0.3 is 6.03 Å². The molecule has 1 aromatic carbocycles. The van der Waals surface area contributed by atoms with E-state index in [1.807, 2.05) is 42.1 Å². The number of imidazole rings is 1. The Morgan fingerprint density at radius 1 is 1.24 bits per heavy atom. The zero-order chi connectivity index (χ0) is 17.2. The third-order valence-corrected chi connectivity index (χ3v) is 4.85. The molecular formula is C19H21N5O. The van der Waals surface area contributed by atoms with E-state index in [0.717, 1.165) is 16.6 Å². The van der Waals surface area contributed by atoms with Crippen LogP contribution in [-0.2, 0) is 13.6 Å². The van der Waals surface area contributed by atoms with E-state index in [1.165, 1.54) is 24.8 Å². The van der Waals surface area contributed by atoms with Crippen molar-refractivity contribution >= 4 is 22.9 Å². The largest absolute Gasteiger partial charge is 0.334 e. The van der Waals surface area contributed by atoms with Gasteiger partial charge in [-0.2, -0.15) is 0 Å². The summed E-state index contributed by atoms with van der Waals surface area (Å²) in [6.45, 7) is 0.443. The number of carbonyl (C=O) groups is 1. The number of pyridine rings is 1. The number of benzene rings is 1. The summed E-state index contributed by atoms with van der Waals surface area (Å²) in [7, 11) is 1.96. The number of hydrogen-bond donors (Lipinski definition) is 2.